The molecule has 0 saturated carbocycles. The van der Waals surface area contributed by atoms with E-state index in [4.69, 9.17) is 10.00 Å². The van der Waals surface area contributed by atoms with Gasteiger partial charge in [-0.15, -0.1) is 9.42 Å². The van der Waals surface area contributed by atoms with E-state index >= 15 is 0 Å². The summed E-state index contributed by atoms with van der Waals surface area (Å²) in [5.41, 5.74) is 0. The van der Waals surface area contributed by atoms with Gasteiger partial charge in [0.1, 0.15) is 6.61 Å². The smallest absolute Gasteiger partial charge is 0.433 e. The molecule has 0 bridgehead atoms. The van der Waals surface area contributed by atoms with Crippen molar-refractivity contribution in [1.82, 2.24) is 0 Å². The molecule has 0 aromatic rings. The van der Waals surface area contributed by atoms with Crippen molar-refractivity contribution in [2.75, 3.05) is 6.61 Å². The van der Waals surface area contributed by atoms with Gasteiger partial charge in [0.2, 0.25) is 6.29 Å². The van der Waals surface area contributed by atoms with Gasteiger partial charge in [-0.25, -0.2) is 4.79 Å². The van der Waals surface area contributed by atoms with E-state index in [0.717, 1.165) is 6.08 Å². The first-order valence-electron chi connectivity index (χ1n) is 3.36. The maximum Gasteiger partial charge on any atom is 0.694 e. The average molecular weight is 209 g/mol. The Balaban J connectivity index is 3.51. The van der Waals surface area contributed by atoms with Gasteiger partial charge >= 0.3 is 14.2 Å². The quantitative estimate of drug-likeness (QED) is 0.278. The minimum absolute atomic E-state index is 0.0682. The molecule has 0 radical (unpaired) electrons. The van der Waals surface area contributed by atoms with Crippen LogP contribution in [0.2, 0.25) is 0 Å². The lowest BCUT2D eigenvalue weighted by Gasteiger charge is -2.07. The van der Waals surface area contributed by atoms with E-state index in [1.54, 1.807) is 0 Å². The van der Waals surface area contributed by atoms with Crippen molar-refractivity contribution >= 4 is 14.2 Å². The Morgan fingerprint density at radius 2 is 2.31 bits per heavy atom. The van der Waals surface area contributed by atoms with E-state index < -0.39 is 20.5 Å². The summed E-state index contributed by atoms with van der Waals surface area (Å²) in [7, 11) is -2.68. The molecule has 0 aliphatic heterocycles. The molecule has 6 nitrogen and oxygen atoms in total. The third-order valence-corrected chi connectivity index (χ3v) is 1.39. The molecule has 0 rings (SSSR count). The summed E-state index contributed by atoms with van der Waals surface area (Å²) in [4.78, 5) is 18.6. The SMILES string of the molecule is C=CC(=O)OC(O)CCO[P+](=O)O. The van der Waals surface area contributed by atoms with E-state index in [1.807, 2.05) is 0 Å². The lowest BCUT2D eigenvalue weighted by atomic mass is 10.4. The highest BCUT2D eigenvalue weighted by molar-refractivity contribution is 7.32. The van der Waals surface area contributed by atoms with Crippen molar-refractivity contribution in [2.24, 2.45) is 0 Å². The van der Waals surface area contributed by atoms with Crippen molar-refractivity contribution in [1.29, 1.82) is 0 Å². The molecule has 2 unspecified atom stereocenters. The van der Waals surface area contributed by atoms with Gasteiger partial charge in [-0.3, -0.25) is 0 Å². The van der Waals surface area contributed by atoms with Gasteiger partial charge in [0.05, 0.1) is 0 Å². The van der Waals surface area contributed by atoms with Crippen LogP contribution >= 0.6 is 8.25 Å². The zero-order chi connectivity index (χ0) is 10.3. The highest BCUT2D eigenvalue weighted by Gasteiger charge is 2.15. The third kappa shape index (κ3) is 7.55. The fraction of sp³-hybridized carbons (Fsp3) is 0.500. The molecule has 74 valence electrons. The molecule has 0 aromatic carbocycles. The van der Waals surface area contributed by atoms with Crippen LogP contribution in [0.5, 0.6) is 0 Å². The molecule has 2 atom stereocenters. The molecule has 0 amide bonds. The van der Waals surface area contributed by atoms with Crippen LogP contribution in [0.3, 0.4) is 0 Å². The number of hydrogen-bond donors (Lipinski definition) is 2. The second kappa shape index (κ2) is 6.68. The maximum atomic E-state index is 10.5. The summed E-state index contributed by atoms with van der Waals surface area (Å²) in [6.07, 6.45) is -0.516. The Labute approximate surface area is 75.7 Å². The van der Waals surface area contributed by atoms with Crippen LogP contribution < -0.4 is 0 Å². The summed E-state index contributed by atoms with van der Waals surface area (Å²) in [5, 5.41) is 8.92. The molecular weight excluding hydrogens is 199 g/mol. The largest absolute Gasteiger partial charge is 0.694 e. The molecule has 0 saturated heterocycles. The number of ether oxygens (including phenoxy) is 1. The van der Waals surface area contributed by atoms with E-state index in [9.17, 15) is 9.36 Å². The van der Waals surface area contributed by atoms with Crippen molar-refractivity contribution in [2.45, 2.75) is 12.7 Å². The fourth-order valence-electron chi connectivity index (χ4n) is 0.473. The summed E-state index contributed by atoms with van der Waals surface area (Å²) in [6, 6.07) is 0. The highest BCUT2D eigenvalue weighted by atomic mass is 31.1. The topological polar surface area (TPSA) is 93.1 Å². The van der Waals surface area contributed by atoms with Gasteiger partial charge in [-0.05, 0) is 0 Å². The summed E-state index contributed by atoms with van der Waals surface area (Å²) >= 11 is 0. The van der Waals surface area contributed by atoms with Crippen LogP contribution in [0, 0.1) is 0 Å². The van der Waals surface area contributed by atoms with Gasteiger partial charge in [-0.1, -0.05) is 6.58 Å². The molecular formula is C6H10O6P+. The first-order valence-corrected chi connectivity index (χ1v) is 4.49. The molecule has 0 aromatic heterocycles. The van der Waals surface area contributed by atoms with Crippen molar-refractivity contribution < 1.29 is 28.6 Å². The van der Waals surface area contributed by atoms with Crippen molar-refractivity contribution in [3.05, 3.63) is 12.7 Å². The molecule has 2 N–H and O–H groups in total. The zero-order valence-electron chi connectivity index (χ0n) is 6.75. The summed E-state index contributed by atoms with van der Waals surface area (Å²) < 4.78 is 18.5. The molecule has 0 aliphatic rings. The predicted octanol–water partition coefficient (Wildman–Crippen LogP) is 0.0904. The number of carbonyl (C=O) groups excluding carboxylic acids is 1. The first-order chi connectivity index (χ1) is 6.06. The number of carbonyl (C=O) groups is 1. The minimum atomic E-state index is -2.68. The molecule has 0 fully saturated rings. The Kier molecular flexibility index (Phi) is 6.26. The summed E-state index contributed by atoms with van der Waals surface area (Å²) in [6.45, 7) is 2.95. The first kappa shape index (κ1) is 12.2. The Hall–Kier alpha value is -0.810. The lowest BCUT2D eigenvalue weighted by Crippen LogP contribution is -2.17. The highest BCUT2D eigenvalue weighted by Crippen LogP contribution is 2.14. The Morgan fingerprint density at radius 3 is 2.77 bits per heavy atom. The number of hydrogen-bond acceptors (Lipinski definition) is 5. The van der Waals surface area contributed by atoms with Gasteiger partial charge in [0, 0.05) is 17.1 Å². The Bertz CT molecular complexity index is 203. The fourth-order valence-corrected chi connectivity index (χ4v) is 0.734. The van der Waals surface area contributed by atoms with E-state index in [-0.39, 0.29) is 13.0 Å². The van der Waals surface area contributed by atoms with Gasteiger partial charge in [0.15, 0.2) is 0 Å². The van der Waals surface area contributed by atoms with Crippen LogP contribution in [0.25, 0.3) is 0 Å². The molecule has 7 heteroatoms. The van der Waals surface area contributed by atoms with Crippen LogP contribution in [0.1, 0.15) is 6.42 Å². The lowest BCUT2D eigenvalue weighted by molar-refractivity contribution is -0.163. The predicted molar refractivity (Wildman–Crippen MR) is 42.7 cm³/mol. The second-order valence-corrected chi connectivity index (χ2v) is 2.69. The van der Waals surface area contributed by atoms with E-state index in [1.165, 1.54) is 0 Å². The van der Waals surface area contributed by atoms with Crippen molar-refractivity contribution in [3.8, 4) is 0 Å². The van der Waals surface area contributed by atoms with Crippen LogP contribution in [0.15, 0.2) is 12.7 Å². The number of aliphatic hydroxyl groups excluding tert-OH is 1. The third-order valence-electron chi connectivity index (χ3n) is 0.985. The van der Waals surface area contributed by atoms with E-state index in [2.05, 4.69) is 15.8 Å². The second-order valence-electron chi connectivity index (χ2n) is 1.96. The van der Waals surface area contributed by atoms with Gasteiger partial charge < -0.3 is 9.84 Å². The van der Waals surface area contributed by atoms with Crippen LogP contribution in [-0.2, 0) is 18.6 Å². The molecule has 0 aliphatic carbocycles. The van der Waals surface area contributed by atoms with E-state index in [0.29, 0.717) is 0 Å². The van der Waals surface area contributed by atoms with Crippen LogP contribution in [-0.4, -0.2) is 28.9 Å². The molecule has 0 spiro atoms. The normalized spacial score (nSPS) is 13.2. The van der Waals surface area contributed by atoms with Crippen molar-refractivity contribution in [3.63, 3.8) is 0 Å². The number of esters is 1. The number of rotatable bonds is 6. The molecule has 0 heterocycles. The monoisotopic (exact) mass is 209 g/mol. The zero-order valence-corrected chi connectivity index (χ0v) is 7.65. The average Bonchev–Trinajstić information content (AvgIpc) is 2.03. The number of aliphatic hydroxyl groups is 1. The van der Waals surface area contributed by atoms with Crippen LogP contribution in [0.4, 0.5) is 0 Å². The summed E-state index contributed by atoms with van der Waals surface area (Å²) in [5.74, 6) is -0.763. The van der Waals surface area contributed by atoms with Gasteiger partial charge in [-0.2, -0.15) is 0 Å². The Morgan fingerprint density at radius 1 is 1.69 bits per heavy atom. The van der Waals surface area contributed by atoms with Gasteiger partial charge in [0.25, 0.3) is 0 Å². The maximum absolute atomic E-state index is 10.5. The minimum Gasteiger partial charge on any atom is -0.433 e. The standard InChI is InChI=1S/C6H9O6P/c1-2-5(7)12-6(8)3-4-11-13(9)10/h2,6,8H,1,3-4H2/p+1. The molecule has 13 heavy (non-hydrogen) atoms.